The largest absolute Gasteiger partial charge is 0.490 e. The van der Waals surface area contributed by atoms with Crippen LogP contribution in [0.1, 0.15) is 13.8 Å². The number of fused-ring (bicyclic) bond motifs is 1. The van der Waals surface area contributed by atoms with Gasteiger partial charge in [-0.1, -0.05) is 36.4 Å². The lowest BCUT2D eigenvalue weighted by Crippen LogP contribution is -2.36. The van der Waals surface area contributed by atoms with E-state index < -0.39 is 6.10 Å². The van der Waals surface area contributed by atoms with Crippen LogP contribution in [-0.2, 0) is 0 Å². The van der Waals surface area contributed by atoms with Crippen molar-refractivity contribution in [3.8, 4) is 5.75 Å². The molecule has 0 spiro atoms. The Hall–Kier alpha value is -2.14. The van der Waals surface area contributed by atoms with Crippen molar-refractivity contribution in [3.05, 3.63) is 47.4 Å². The van der Waals surface area contributed by atoms with Gasteiger partial charge in [0.05, 0.1) is 11.8 Å². The molecule has 21 heavy (non-hydrogen) atoms. The normalized spacial score (nSPS) is 12.4. The lowest BCUT2D eigenvalue weighted by atomic mass is 10.1. The first-order valence-corrected chi connectivity index (χ1v) is 7.00. The van der Waals surface area contributed by atoms with Crippen LogP contribution in [0.4, 0.5) is 0 Å². The summed E-state index contributed by atoms with van der Waals surface area (Å²) in [6.45, 7) is 3.97. The zero-order valence-corrected chi connectivity index (χ0v) is 12.3. The molecule has 0 saturated carbocycles. The number of nitroso groups, excluding NO2 is 1. The van der Waals surface area contributed by atoms with Crippen molar-refractivity contribution in [2.75, 3.05) is 13.2 Å². The molecule has 0 radical (unpaired) electrons. The SMILES string of the molecule is CC(C)N(C[C@@H](O)COc1cccc2ccccc12)N=O. The second-order valence-electron chi connectivity index (χ2n) is 5.24. The van der Waals surface area contributed by atoms with E-state index in [4.69, 9.17) is 4.74 Å². The fourth-order valence-corrected chi connectivity index (χ4v) is 2.11. The zero-order chi connectivity index (χ0) is 15.2. The Morgan fingerprint density at radius 1 is 1.19 bits per heavy atom. The van der Waals surface area contributed by atoms with Gasteiger partial charge in [0.15, 0.2) is 0 Å². The summed E-state index contributed by atoms with van der Waals surface area (Å²) in [4.78, 5) is 10.7. The monoisotopic (exact) mass is 288 g/mol. The fourth-order valence-electron chi connectivity index (χ4n) is 2.11. The Morgan fingerprint density at radius 2 is 1.90 bits per heavy atom. The predicted octanol–water partition coefficient (Wildman–Crippen LogP) is 2.97. The molecule has 0 aliphatic carbocycles. The van der Waals surface area contributed by atoms with Crippen molar-refractivity contribution in [2.24, 2.45) is 5.29 Å². The van der Waals surface area contributed by atoms with Gasteiger partial charge in [-0.05, 0) is 25.3 Å². The average Bonchev–Trinajstić information content (AvgIpc) is 2.50. The topological polar surface area (TPSA) is 62.1 Å². The molecule has 0 fully saturated rings. The Balaban J connectivity index is 2.00. The van der Waals surface area contributed by atoms with Gasteiger partial charge in [0.2, 0.25) is 0 Å². The van der Waals surface area contributed by atoms with E-state index in [1.165, 1.54) is 5.01 Å². The number of rotatable bonds is 7. The van der Waals surface area contributed by atoms with E-state index in [-0.39, 0.29) is 19.2 Å². The summed E-state index contributed by atoms with van der Waals surface area (Å²) in [5.74, 6) is 0.724. The molecule has 0 aliphatic rings. The summed E-state index contributed by atoms with van der Waals surface area (Å²) >= 11 is 0. The first kappa shape index (κ1) is 15.3. The van der Waals surface area contributed by atoms with E-state index in [1.807, 2.05) is 56.3 Å². The molecule has 0 heterocycles. The minimum atomic E-state index is -0.774. The molecule has 112 valence electrons. The highest BCUT2D eigenvalue weighted by molar-refractivity contribution is 5.88. The lowest BCUT2D eigenvalue weighted by molar-refractivity contribution is 0.0584. The van der Waals surface area contributed by atoms with Crippen LogP contribution in [0.3, 0.4) is 0 Å². The van der Waals surface area contributed by atoms with E-state index in [1.54, 1.807) is 0 Å². The van der Waals surface area contributed by atoms with E-state index in [0.29, 0.717) is 0 Å². The number of nitrogens with zero attached hydrogens (tertiary/aromatic N) is 2. The second kappa shape index (κ2) is 7.04. The number of hydrogen-bond donors (Lipinski definition) is 1. The molecule has 0 saturated heterocycles. The van der Waals surface area contributed by atoms with Crippen molar-refractivity contribution in [1.29, 1.82) is 0 Å². The highest BCUT2D eigenvalue weighted by Crippen LogP contribution is 2.25. The van der Waals surface area contributed by atoms with Crippen LogP contribution in [0.2, 0.25) is 0 Å². The highest BCUT2D eigenvalue weighted by atomic mass is 16.5. The van der Waals surface area contributed by atoms with Gasteiger partial charge < -0.3 is 9.84 Å². The van der Waals surface area contributed by atoms with Crippen LogP contribution in [0, 0.1) is 4.91 Å². The lowest BCUT2D eigenvalue weighted by Gasteiger charge is -2.22. The van der Waals surface area contributed by atoms with Gasteiger partial charge in [0.25, 0.3) is 0 Å². The summed E-state index contributed by atoms with van der Waals surface area (Å²) in [5, 5.41) is 16.3. The number of ether oxygens (including phenoxy) is 1. The molecular formula is C16H20N2O3. The van der Waals surface area contributed by atoms with Gasteiger partial charge in [-0.25, -0.2) is 0 Å². The fraction of sp³-hybridized carbons (Fsp3) is 0.375. The molecule has 0 amide bonds. The third-order valence-electron chi connectivity index (χ3n) is 3.28. The Bertz CT molecular complexity index is 596. The van der Waals surface area contributed by atoms with Crippen LogP contribution < -0.4 is 4.74 Å². The minimum absolute atomic E-state index is 0.0466. The zero-order valence-electron chi connectivity index (χ0n) is 12.3. The molecule has 2 aromatic rings. The average molecular weight is 288 g/mol. The summed E-state index contributed by atoms with van der Waals surface area (Å²) in [6, 6.07) is 13.6. The number of aliphatic hydroxyl groups is 1. The van der Waals surface area contributed by atoms with Crippen LogP contribution >= 0.6 is 0 Å². The second-order valence-corrected chi connectivity index (χ2v) is 5.24. The molecule has 5 nitrogen and oxygen atoms in total. The summed E-state index contributed by atoms with van der Waals surface area (Å²) in [6.07, 6.45) is -0.774. The van der Waals surface area contributed by atoms with Gasteiger partial charge in [-0.15, -0.1) is 4.91 Å². The van der Waals surface area contributed by atoms with E-state index in [2.05, 4.69) is 5.29 Å². The van der Waals surface area contributed by atoms with Crippen molar-refractivity contribution in [3.63, 3.8) is 0 Å². The molecule has 1 atom stereocenters. The van der Waals surface area contributed by atoms with Crippen molar-refractivity contribution < 1.29 is 9.84 Å². The standard InChI is InChI=1S/C16H20N2O3/c1-12(2)18(17-20)10-14(19)11-21-16-9-5-7-13-6-3-4-8-15(13)16/h3-9,12,14,19H,10-11H2,1-2H3/t14-/m1/s1. The van der Waals surface area contributed by atoms with Crippen LogP contribution in [-0.4, -0.2) is 35.4 Å². The number of aliphatic hydroxyl groups excluding tert-OH is 1. The third kappa shape index (κ3) is 3.92. The van der Waals surface area contributed by atoms with Gasteiger partial charge in [0.1, 0.15) is 18.5 Å². The maximum atomic E-state index is 10.7. The third-order valence-corrected chi connectivity index (χ3v) is 3.28. The number of benzene rings is 2. The smallest absolute Gasteiger partial charge is 0.127 e. The van der Waals surface area contributed by atoms with Crippen molar-refractivity contribution in [2.45, 2.75) is 26.0 Å². The summed E-state index contributed by atoms with van der Waals surface area (Å²) in [5.41, 5.74) is 0. The molecular weight excluding hydrogens is 268 g/mol. The van der Waals surface area contributed by atoms with Crippen molar-refractivity contribution in [1.82, 2.24) is 5.01 Å². The van der Waals surface area contributed by atoms with Gasteiger partial charge in [-0.2, -0.15) is 0 Å². The van der Waals surface area contributed by atoms with E-state index in [0.717, 1.165) is 16.5 Å². The quantitative estimate of drug-likeness (QED) is 0.628. The maximum Gasteiger partial charge on any atom is 0.127 e. The number of hydrogen-bond acceptors (Lipinski definition) is 4. The Morgan fingerprint density at radius 3 is 2.62 bits per heavy atom. The molecule has 0 aliphatic heterocycles. The molecule has 5 heteroatoms. The Kier molecular flexibility index (Phi) is 5.11. The Labute approximate surface area is 124 Å². The molecule has 2 rings (SSSR count). The molecule has 1 N–H and O–H groups in total. The predicted molar refractivity (Wildman–Crippen MR) is 83.1 cm³/mol. The summed E-state index contributed by atoms with van der Waals surface area (Å²) < 4.78 is 5.69. The van der Waals surface area contributed by atoms with Crippen LogP contribution in [0.25, 0.3) is 10.8 Å². The van der Waals surface area contributed by atoms with Crippen LogP contribution in [0.5, 0.6) is 5.75 Å². The molecule has 0 aromatic heterocycles. The van der Waals surface area contributed by atoms with Crippen molar-refractivity contribution >= 4 is 10.8 Å². The summed E-state index contributed by atoms with van der Waals surface area (Å²) in [7, 11) is 0. The first-order chi connectivity index (χ1) is 10.1. The van der Waals surface area contributed by atoms with E-state index in [9.17, 15) is 10.0 Å². The maximum absolute atomic E-state index is 10.7. The van der Waals surface area contributed by atoms with Crippen LogP contribution in [0.15, 0.2) is 47.8 Å². The van der Waals surface area contributed by atoms with Gasteiger partial charge in [-0.3, -0.25) is 5.01 Å². The van der Waals surface area contributed by atoms with E-state index >= 15 is 0 Å². The first-order valence-electron chi connectivity index (χ1n) is 7.00. The molecule has 0 bridgehead atoms. The molecule has 2 aromatic carbocycles. The van der Waals surface area contributed by atoms with Gasteiger partial charge >= 0.3 is 0 Å². The molecule has 0 unspecified atom stereocenters. The van der Waals surface area contributed by atoms with Gasteiger partial charge in [0, 0.05) is 11.4 Å². The highest BCUT2D eigenvalue weighted by Gasteiger charge is 2.15. The minimum Gasteiger partial charge on any atom is -0.490 e.